The number of hydrogen-bond acceptors (Lipinski definition) is 3. The average Bonchev–Trinajstić information content (AvgIpc) is 2.50. The van der Waals surface area contributed by atoms with Gasteiger partial charge >= 0.3 is 0 Å². The molecule has 0 fully saturated rings. The van der Waals surface area contributed by atoms with Gasteiger partial charge in [-0.3, -0.25) is 0 Å². The first-order valence-corrected chi connectivity index (χ1v) is 10.4. The summed E-state index contributed by atoms with van der Waals surface area (Å²) in [5, 5.41) is 28.6. The molecule has 1 unspecified atom stereocenters. The summed E-state index contributed by atoms with van der Waals surface area (Å²) < 4.78 is 0. The highest BCUT2D eigenvalue weighted by atomic mass is 16.5. The molecule has 0 aromatic carbocycles. The zero-order valence-corrected chi connectivity index (χ0v) is 16.3. The van der Waals surface area contributed by atoms with Gasteiger partial charge in [-0.15, -0.1) is 0 Å². The number of aliphatic hydroxyl groups excluding tert-OH is 1. The monoisotopic (exact) mass is 345 g/mol. The maximum Gasteiger partial charge on any atom is 0.202 e. The van der Waals surface area contributed by atoms with E-state index >= 15 is 0 Å². The molecule has 0 spiro atoms. The third-order valence-electron chi connectivity index (χ3n) is 4.65. The van der Waals surface area contributed by atoms with Crippen molar-refractivity contribution in [2.45, 2.75) is 110 Å². The zero-order valence-electron chi connectivity index (χ0n) is 16.3. The predicted octanol–water partition coefficient (Wildman–Crippen LogP) is 3.80. The van der Waals surface area contributed by atoms with Gasteiger partial charge in [-0.1, -0.05) is 90.9 Å². The highest BCUT2D eigenvalue weighted by Crippen LogP contribution is 2.14. The SMILES string of the molecule is CC(C)CCCCCCCCCCCCCCC[NH+]([O-])CC(O)O. The van der Waals surface area contributed by atoms with Crippen LogP contribution in [-0.4, -0.2) is 29.6 Å². The summed E-state index contributed by atoms with van der Waals surface area (Å²) >= 11 is 0. The molecule has 3 N–H and O–H groups in total. The highest BCUT2D eigenvalue weighted by Gasteiger charge is 2.03. The number of rotatable bonds is 18. The van der Waals surface area contributed by atoms with Crippen LogP contribution in [0.15, 0.2) is 0 Å². The van der Waals surface area contributed by atoms with Gasteiger partial charge in [-0.05, 0) is 18.8 Å². The Labute approximate surface area is 150 Å². The van der Waals surface area contributed by atoms with E-state index in [1.807, 2.05) is 0 Å². The molecule has 0 rings (SSSR count). The molecule has 0 heterocycles. The normalized spacial score (nSPS) is 13.1. The van der Waals surface area contributed by atoms with Crippen molar-refractivity contribution in [2.75, 3.05) is 13.1 Å². The van der Waals surface area contributed by atoms with E-state index in [0.717, 1.165) is 18.8 Å². The lowest BCUT2D eigenvalue weighted by Gasteiger charge is -2.22. The van der Waals surface area contributed by atoms with Crippen LogP contribution >= 0.6 is 0 Å². The van der Waals surface area contributed by atoms with Gasteiger partial charge in [-0.2, -0.15) is 0 Å². The van der Waals surface area contributed by atoms with Crippen LogP contribution in [0, 0.1) is 11.1 Å². The first-order chi connectivity index (χ1) is 11.5. The molecule has 0 amide bonds. The molecule has 0 aliphatic carbocycles. The second kappa shape index (κ2) is 17.7. The number of aliphatic hydroxyl groups is 2. The molecule has 24 heavy (non-hydrogen) atoms. The van der Waals surface area contributed by atoms with Gasteiger partial charge in [0.05, 0.1) is 6.54 Å². The van der Waals surface area contributed by atoms with Gasteiger partial charge in [0.15, 0.2) is 0 Å². The van der Waals surface area contributed by atoms with Gasteiger partial charge in [0.2, 0.25) is 6.29 Å². The van der Waals surface area contributed by atoms with E-state index in [4.69, 9.17) is 10.2 Å². The second-order valence-corrected chi connectivity index (χ2v) is 7.75. The number of unbranched alkanes of at least 4 members (excludes halogenated alkanes) is 12. The van der Waals surface area contributed by atoms with Crippen molar-refractivity contribution in [3.8, 4) is 0 Å². The fourth-order valence-electron chi connectivity index (χ4n) is 3.12. The average molecular weight is 346 g/mol. The Balaban J connectivity index is 3.08. The molecule has 0 radical (unpaired) electrons. The minimum absolute atomic E-state index is 0.0331. The summed E-state index contributed by atoms with van der Waals surface area (Å²) in [5.74, 6) is 0.860. The smallest absolute Gasteiger partial charge is 0.202 e. The molecule has 0 saturated heterocycles. The van der Waals surface area contributed by atoms with E-state index < -0.39 is 6.29 Å². The van der Waals surface area contributed by atoms with Crippen LogP contribution in [-0.2, 0) is 0 Å². The minimum Gasteiger partial charge on any atom is -0.634 e. The standard InChI is InChI=1S/C20H43NO3/c1-19(2)16-14-12-10-8-6-4-3-5-7-9-11-13-15-17-21(24)18-20(22)23/h19-23H,3-18H2,1-2H3. The van der Waals surface area contributed by atoms with Gasteiger partial charge in [0.1, 0.15) is 6.54 Å². The zero-order chi connectivity index (χ0) is 18.0. The summed E-state index contributed by atoms with van der Waals surface area (Å²) in [6.45, 7) is 5.00. The van der Waals surface area contributed by atoms with Crippen LogP contribution in [0.1, 0.15) is 104 Å². The molecule has 4 heteroatoms. The van der Waals surface area contributed by atoms with E-state index in [9.17, 15) is 5.21 Å². The fraction of sp³-hybridized carbons (Fsp3) is 1.00. The van der Waals surface area contributed by atoms with Crippen LogP contribution in [0.2, 0.25) is 0 Å². The third-order valence-corrected chi connectivity index (χ3v) is 4.65. The Morgan fingerprint density at radius 1 is 0.667 bits per heavy atom. The predicted molar refractivity (Wildman–Crippen MR) is 102 cm³/mol. The van der Waals surface area contributed by atoms with Gasteiger partial charge < -0.3 is 20.5 Å². The Morgan fingerprint density at radius 3 is 1.42 bits per heavy atom. The minimum atomic E-state index is -1.47. The van der Waals surface area contributed by atoms with Crippen molar-refractivity contribution < 1.29 is 15.3 Å². The molecule has 0 aliphatic rings. The van der Waals surface area contributed by atoms with Crippen molar-refractivity contribution >= 4 is 0 Å². The topological polar surface area (TPSA) is 68.0 Å². The Morgan fingerprint density at radius 2 is 1.04 bits per heavy atom. The first kappa shape index (κ1) is 23.8. The molecule has 0 bridgehead atoms. The summed E-state index contributed by atoms with van der Waals surface area (Å²) in [5.41, 5.74) is 0. The summed E-state index contributed by atoms with van der Waals surface area (Å²) in [7, 11) is 0. The lowest BCUT2D eigenvalue weighted by molar-refractivity contribution is -0.855. The van der Waals surface area contributed by atoms with Gasteiger partial charge in [0.25, 0.3) is 0 Å². The summed E-state index contributed by atoms with van der Waals surface area (Å²) in [6.07, 6.45) is 16.8. The van der Waals surface area contributed by atoms with Crippen molar-refractivity contribution in [1.82, 2.24) is 0 Å². The van der Waals surface area contributed by atoms with E-state index in [0.29, 0.717) is 6.54 Å². The third kappa shape index (κ3) is 19.9. The molecule has 0 aromatic heterocycles. The largest absolute Gasteiger partial charge is 0.634 e. The number of hydroxylamine groups is 2. The van der Waals surface area contributed by atoms with Crippen LogP contribution < -0.4 is 5.06 Å². The summed E-state index contributed by atoms with van der Waals surface area (Å²) in [4.78, 5) is 0. The van der Waals surface area contributed by atoms with Crippen LogP contribution in [0.4, 0.5) is 0 Å². The second-order valence-electron chi connectivity index (χ2n) is 7.75. The van der Waals surface area contributed by atoms with E-state index in [1.165, 1.54) is 77.0 Å². The molecule has 0 saturated carbocycles. The number of hydrogen-bond donors (Lipinski definition) is 3. The van der Waals surface area contributed by atoms with E-state index in [-0.39, 0.29) is 11.6 Å². The van der Waals surface area contributed by atoms with Crippen molar-refractivity contribution in [3.05, 3.63) is 5.21 Å². The first-order valence-electron chi connectivity index (χ1n) is 10.4. The van der Waals surface area contributed by atoms with Crippen molar-refractivity contribution in [3.63, 3.8) is 0 Å². The fourth-order valence-corrected chi connectivity index (χ4v) is 3.12. The quantitative estimate of drug-likeness (QED) is 0.201. The molecular formula is C20H43NO3. The van der Waals surface area contributed by atoms with E-state index in [2.05, 4.69) is 13.8 Å². The lowest BCUT2D eigenvalue weighted by Crippen LogP contribution is -3.08. The van der Waals surface area contributed by atoms with Crippen LogP contribution in [0.25, 0.3) is 0 Å². The molecule has 146 valence electrons. The molecule has 0 aliphatic heterocycles. The van der Waals surface area contributed by atoms with Crippen LogP contribution in [0.5, 0.6) is 0 Å². The lowest BCUT2D eigenvalue weighted by atomic mass is 10.0. The maximum absolute atomic E-state index is 11.3. The molecule has 1 atom stereocenters. The van der Waals surface area contributed by atoms with Gasteiger partial charge in [-0.25, -0.2) is 0 Å². The van der Waals surface area contributed by atoms with Crippen LogP contribution in [0.3, 0.4) is 0 Å². The summed E-state index contributed by atoms with van der Waals surface area (Å²) in [6, 6.07) is 0. The molecule has 0 aromatic rings. The Bertz CT molecular complexity index is 247. The number of quaternary nitrogens is 1. The Kier molecular flexibility index (Phi) is 17.5. The van der Waals surface area contributed by atoms with Crippen molar-refractivity contribution in [1.29, 1.82) is 0 Å². The van der Waals surface area contributed by atoms with Gasteiger partial charge in [0, 0.05) is 0 Å². The van der Waals surface area contributed by atoms with E-state index in [1.54, 1.807) is 0 Å². The molecular weight excluding hydrogens is 302 g/mol. The Hall–Kier alpha value is -0.160. The number of nitrogens with one attached hydrogen (secondary N) is 1. The maximum atomic E-state index is 11.3. The van der Waals surface area contributed by atoms with Crippen molar-refractivity contribution in [2.24, 2.45) is 5.92 Å². The highest BCUT2D eigenvalue weighted by molar-refractivity contribution is 4.51. The molecule has 4 nitrogen and oxygen atoms in total.